The number of allylic oxidation sites excluding steroid dienone is 2. The molecule has 0 atom stereocenters. The van der Waals surface area contributed by atoms with Crippen molar-refractivity contribution in [2.75, 3.05) is 18.6 Å². The fourth-order valence-corrected chi connectivity index (χ4v) is 3.94. The Balaban J connectivity index is 2.30. The SMILES string of the molecule is C#CCOc1c(Br)cc(/C=C(\C#N)c2ccc(N(C)C(=O)/C=C\C=O)cc2)cc1Br. The van der Waals surface area contributed by atoms with Crippen LogP contribution >= 0.6 is 31.9 Å². The molecule has 2 rings (SSSR count). The second kappa shape index (κ2) is 11.2. The lowest BCUT2D eigenvalue weighted by Gasteiger charge is -2.15. The van der Waals surface area contributed by atoms with Gasteiger partial charge in [0.15, 0.2) is 0 Å². The van der Waals surface area contributed by atoms with Crippen molar-refractivity contribution in [3.8, 4) is 24.2 Å². The average Bonchev–Trinajstić information content (AvgIpc) is 2.75. The van der Waals surface area contributed by atoms with E-state index in [1.807, 2.05) is 12.1 Å². The molecule has 2 aromatic carbocycles. The minimum absolute atomic E-state index is 0.143. The molecule has 30 heavy (non-hydrogen) atoms. The molecule has 0 N–H and O–H groups in total. The van der Waals surface area contributed by atoms with Gasteiger partial charge in [0.1, 0.15) is 18.6 Å². The number of anilines is 1. The van der Waals surface area contributed by atoms with Crippen LogP contribution in [0.5, 0.6) is 5.75 Å². The molecule has 0 radical (unpaired) electrons. The highest BCUT2D eigenvalue weighted by atomic mass is 79.9. The predicted octanol–water partition coefficient (Wildman–Crippen LogP) is 5.01. The van der Waals surface area contributed by atoms with Gasteiger partial charge in [-0.05, 0) is 79.4 Å². The van der Waals surface area contributed by atoms with E-state index in [1.165, 1.54) is 11.0 Å². The maximum atomic E-state index is 12.0. The van der Waals surface area contributed by atoms with Gasteiger partial charge in [0, 0.05) is 18.8 Å². The van der Waals surface area contributed by atoms with Crippen molar-refractivity contribution in [3.05, 3.63) is 68.6 Å². The average molecular weight is 528 g/mol. The smallest absolute Gasteiger partial charge is 0.250 e. The molecule has 0 aliphatic carbocycles. The number of likely N-dealkylation sites (N-methyl/N-ethyl adjacent to an activating group) is 1. The van der Waals surface area contributed by atoms with Crippen LogP contribution in [-0.2, 0) is 9.59 Å². The number of carbonyl (C=O) groups excluding carboxylic acids is 2. The van der Waals surface area contributed by atoms with Crippen LogP contribution in [0.2, 0.25) is 0 Å². The molecule has 0 unspecified atom stereocenters. The third-order valence-corrected chi connectivity index (χ3v) is 5.14. The number of nitriles is 1. The van der Waals surface area contributed by atoms with Crippen LogP contribution in [0.4, 0.5) is 5.69 Å². The predicted molar refractivity (Wildman–Crippen MR) is 125 cm³/mol. The molecule has 0 heterocycles. The van der Waals surface area contributed by atoms with Gasteiger partial charge in [-0.2, -0.15) is 5.26 Å². The summed E-state index contributed by atoms with van der Waals surface area (Å²) in [5, 5.41) is 9.62. The number of carbonyl (C=O) groups is 2. The molecular formula is C23H16Br2N2O3. The van der Waals surface area contributed by atoms with E-state index < -0.39 is 0 Å². The molecule has 0 saturated heterocycles. The first kappa shape index (κ1) is 23.2. The first-order chi connectivity index (χ1) is 14.4. The lowest BCUT2D eigenvalue weighted by Crippen LogP contribution is -2.23. The Morgan fingerprint density at radius 1 is 1.23 bits per heavy atom. The van der Waals surface area contributed by atoms with E-state index in [4.69, 9.17) is 11.2 Å². The van der Waals surface area contributed by atoms with Crippen LogP contribution in [0, 0.1) is 23.7 Å². The van der Waals surface area contributed by atoms with Crippen molar-refractivity contribution in [1.29, 1.82) is 5.26 Å². The van der Waals surface area contributed by atoms with Gasteiger partial charge in [-0.15, -0.1) is 6.42 Å². The van der Waals surface area contributed by atoms with Crippen LogP contribution in [0.25, 0.3) is 11.6 Å². The third kappa shape index (κ3) is 5.93. The molecular weight excluding hydrogens is 512 g/mol. The number of aldehydes is 1. The van der Waals surface area contributed by atoms with Crippen molar-refractivity contribution < 1.29 is 14.3 Å². The van der Waals surface area contributed by atoms with Crippen molar-refractivity contribution in [1.82, 2.24) is 0 Å². The van der Waals surface area contributed by atoms with E-state index in [9.17, 15) is 14.9 Å². The first-order valence-corrected chi connectivity index (χ1v) is 10.2. The summed E-state index contributed by atoms with van der Waals surface area (Å²) in [7, 11) is 1.60. The first-order valence-electron chi connectivity index (χ1n) is 8.58. The van der Waals surface area contributed by atoms with Crippen LogP contribution < -0.4 is 9.64 Å². The number of rotatable bonds is 7. The number of terminal acetylenes is 1. The molecule has 0 fully saturated rings. The Morgan fingerprint density at radius 3 is 2.40 bits per heavy atom. The molecule has 5 nitrogen and oxygen atoms in total. The fraction of sp³-hybridized carbons (Fsp3) is 0.0870. The third-order valence-electron chi connectivity index (χ3n) is 3.97. The van der Waals surface area contributed by atoms with Gasteiger partial charge in [0.25, 0.3) is 5.91 Å². The Bertz CT molecular complexity index is 1070. The van der Waals surface area contributed by atoms with Gasteiger partial charge in [-0.25, -0.2) is 0 Å². The highest BCUT2D eigenvalue weighted by molar-refractivity contribution is 9.11. The number of hydrogen-bond acceptors (Lipinski definition) is 4. The zero-order valence-corrected chi connectivity index (χ0v) is 19.1. The largest absolute Gasteiger partial charge is 0.479 e. The van der Waals surface area contributed by atoms with Crippen LogP contribution in [0.1, 0.15) is 11.1 Å². The summed E-state index contributed by atoms with van der Waals surface area (Å²) >= 11 is 6.91. The van der Waals surface area contributed by atoms with E-state index >= 15 is 0 Å². The minimum atomic E-state index is -0.326. The maximum absolute atomic E-state index is 12.0. The second-order valence-electron chi connectivity index (χ2n) is 5.92. The number of amides is 1. The summed E-state index contributed by atoms with van der Waals surface area (Å²) in [6, 6.07) is 12.8. The van der Waals surface area contributed by atoms with Crippen LogP contribution in [0.15, 0.2) is 57.5 Å². The van der Waals surface area contributed by atoms with Crippen LogP contribution in [0.3, 0.4) is 0 Å². The molecule has 0 aromatic heterocycles. The number of halogens is 2. The summed E-state index contributed by atoms with van der Waals surface area (Å²) in [5.41, 5.74) is 2.57. The van der Waals surface area contributed by atoms with Crippen LogP contribution in [-0.4, -0.2) is 25.8 Å². The molecule has 1 amide bonds. The Hall–Kier alpha value is -3.13. The Morgan fingerprint density at radius 2 is 1.87 bits per heavy atom. The lowest BCUT2D eigenvalue weighted by atomic mass is 10.0. The van der Waals surface area contributed by atoms with Crippen molar-refractivity contribution in [2.24, 2.45) is 0 Å². The number of nitrogens with zero attached hydrogens (tertiary/aromatic N) is 2. The van der Waals surface area contributed by atoms with E-state index in [0.717, 1.165) is 11.6 Å². The molecule has 0 spiro atoms. The quantitative estimate of drug-likeness (QED) is 0.167. The topological polar surface area (TPSA) is 70.4 Å². The van der Waals surface area contributed by atoms with Gasteiger partial charge in [0.2, 0.25) is 0 Å². The number of benzene rings is 2. The van der Waals surface area contributed by atoms with E-state index in [2.05, 4.69) is 43.8 Å². The summed E-state index contributed by atoms with van der Waals surface area (Å²) in [4.78, 5) is 23.7. The van der Waals surface area contributed by atoms with Gasteiger partial charge in [0.05, 0.1) is 20.6 Å². The lowest BCUT2D eigenvalue weighted by molar-refractivity contribution is -0.114. The fourth-order valence-electron chi connectivity index (χ4n) is 2.49. The van der Waals surface area contributed by atoms with Gasteiger partial charge < -0.3 is 9.64 Å². The number of ether oxygens (including phenoxy) is 1. The second-order valence-corrected chi connectivity index (χ2v) is 7.62. The zero-order valence-electron chi connectivity index (χ0n) is 15.9. The minimum Gasteiger partial charge on any atom is -0.479 e. The molecule has 7 heteroatoms. The normalized spacial score (nSPS) is 10.9. The van der Waals surface area contributed by atoms with Gasteiger partial charge >= 0.3 is 0 Å². The van der Waals surface area contributed by atoms with Gasteiger partial charge in [-0.3, -0.25) is 9.59 Å². The van der Waals surface area contributed by atoms with E-state index in [0.29, 0.717) is 37.8 Å². The molecule has 150 valence electrons. The van der Waals surface area contributed by atoms with Crippen molar-refractivity contribution in [3.63, 3.8) is 0 Å². The summed E-state index contributed by atoms with van der Waals surface area (Å²) < 4.78 is 6.90. The van der Waals surface area contributed by atoms with E-state index in [1.54, 1.807) is 37.4 Å². The monoisotopic (exact) mass is 526 g/mol. The zero-order chi connectivity index (χ0) is 22.1. The number of hydrogen-bond donors (Lipinski definition) is 0. The Kier molecular flexibility index (Phi) is 8.61. The van der Waals surface area contributed by atoms with Gasteiger partial charge in [-0.1, -0.05) is 18.1 Å². The molecule has 0 bridgehead atoms. The molecule has 2 aromatic rings. The molecule has 0 aliphatic rings. The molecule has 0 aliphatic heterocycles. The highest BCUT2D eigenvalue weighted by Crippen LogP contribution is 2.36. The standard InChI is InChI=1S/C23H16Br2N2O3/c1-3-11-30-23-20(24)13-16(14-21(23)25)12-18(15-26)17-6-8-19(9-7-17)27(2)22(29)5-4-10-28/h1,4-10,12-14H,11H2,2H3/b5-4-,18-12+. The molecule has 0 saturated carbocycles. The summed E-state index contributed by atoms with van der Waals surface area (Å²) in [6.07, 6.45) is 9.85. The van der Waals surface area contributed by atoms with Crippen molar-refractivity contribution >= 4 is 61.4 Å². The summed E-state index contributed by atoms with van der Waals surface area (Å²) in [5.74, 6) is 2.68. The Labute approximate surface area is 191 Å². The van der Waals surface area contributed by atoms with E-state index in [-0.39, 0.29) is 12.5 Å². The summed E-state index contributed by atoms with van der Waals surface area (Å²) in [6.45, 7) is 0.143. The maximum Gasteiger partial charge on any atom is 0.250 e. The highest BCUT2D eigenvalue weighted by Gasteiger charge is 2.11. The van der Waals surface area contributed by atoms with Crippen molar-refractivity contribution in [2.45, 2.75) is 0 Å².